The molecule has 9 heteroatoms. The molecule has 1 unspecified atom stereocenters. The van der Waals surface area contributed by atoms with Crippen LogP contribution in [0.1, 0.15) is 47.2 Å². The monoisotopic (exact) mass is 498 g/mol. The van der Waals surface area contributed by atoms with Gasteiger partial charge in [-0.3, -0.25) is 0 Å². The summed E-state index contributed by atoms with van der Waals surface area (Å²) in [4.78, 5) is 4.07. The fraction of sp³-hybridized carbons (Fsp3) is 0.632. The van der Waals surface area contributed by atoms with Crippen molar-refractivity contribution >= 4 is 40.6 Å². The van der Waals surface area contributed by atoms with Gasteiger partial charge in [0.15, 0.2) is 5.54 Å². The molecule has 0 aliphatic rings. The SMILES string of the molecule is C=C[C@](N[S+]([O-])C(C)(C)C)(c1nc(Br)cc([Si](CC)(CC)CC)c1F)C(F)F. The van der Waals surface area contributed by atoms with E-state index < -0.39 is 47.7 Å². The lowest BCUT2D eigenvalue weighted by atomic mass is 9.96. The Morgan fingerprint density at radius 3 is 2.14 bits per heavy atom. The Morgan fingerprint density at radius 2 is 1.79 bits per heavy atom. The third kappa shape index (κ3) is 4.86. The van der Waals surface area contributed by atoms with Gasteiger partial charge in [0.05, 0.1) is 8.07 Å². The van der Waals surface area contributed by atoms with Crippen molar-refractivity contribution in [3.05, 3.63) is 34.8 Å². The number of alkyl halides is 2. The van der Waals surface area contributed by atoms with E-state index in [9.17, 15) is 13.3 Å². The van der Waals surface area contributed by atoms with Crippen LogP contribution in [0, 0.1) is 5.82 Å². The molecule has 0 saturated carbocycles. The van der Waals surface area contributed by atoms with Gasteiger partial charge in [0.1, 0.15) is 20.9 Å². The van der Waals surface area contributed by atoms with Crippen LogP contribution in [0.25, 0.3) is 0 Å². The molecule has 0 radical (unpaired) electrons. The molecule has 3 nitrogen and oxygen atoms in total. The molecule has 2 atom stereocenters. The first-order valence-corrected chi connectivity index (χ1v) is 13.9. The van der Waals surface area contributed by atoms with Crippen LogP contribution >= 0.6 is 15.9 Å². The molecule has 0 saturated heterocycles. The maximum atomic E-state index is 15.7. The van der Waals surface area contributed by atoms with E-state index in [-0.39, 0.29) is 4.60 Å². The van der Waals surface area contributed by atoms with Crippen molar-refractivity contribution in [2.75, 3.05) is 0 Å². The number of nitrogens with zero attached hydrogens (tertiary/aromatic N) is 1. The van der Waals surface area contributed by atoms with Gasteiger partial charge in [-0.05, 0) is 48.0 Å². The Bertz CT molecular complexity index is 690. The third-order valence-electron chi connectivity index (χ3n) is 5.40. The highest BCUT2D eigenvalue weighted by Gasteiger charge is 2.50. The van der Waals surface area contributed by atoms with Crippen LogP contribution in [0.4, 0.5) is 13.2 Å². The fourth-order valence-corrected chi connectivity index (χ4v) is 8.38. The number of hydrogen-bond acceptors (Lipinski definition) is 3. The molecule has 0 aliphatic carbocycles. The average Bonchev–Trinajstić information content (AvgIpc) is 2.62. The van der Waals surface area contributed by atoms with Crippen LogP contribution in [0.3, 0.4) is 0 Å². The van der Waals surface area contributed by atoms with Crippen LogP contribution in [0.15, 0.2) is 23.3 Å². The number of pyridine rings is 1. The second kappa shape index (κ2) is 9.64. The van der Waals surface area contributed by atoms with Gasteiger partial charge in [-0.15, -0.1) is 11.3 Å². The summed E-state index contributed by atoms with van der Waals surface area (Å²) in [7, 11) is -2.23. The van der Waals surface area contributed by atoms with E-state index in [1.807, 2.05) is 20.8 Å². The number of aromatic nitrogens is 1. The van der Waals surface area contributed by atoms with E-state index in [1.54, 1.807) is 26.8 Å². The van der Waals surface area contributed by atoms with E-state index in [2.05, 4.69) is 32.2 Å². The molecular formula is C19H30BrF3N2OSSi. The minimum Gasteiger partial charge on any atom is -0.598 e. The standard InChI is InChI=1S/C19H30BrF3N2OSSi/c1-8-19(17(22)23,25-27(26)18(5,6)7)16-15(21)13(12-14(20)24-16)28(9-2,10-3)11-4/h8,12,17,25H,1,9-11H2,2-7H3/t19-,27?/m0/s1. The molecule has 0 bridgehead atoms. The van der Waals surface area contributed by atoms with Gasteiger partial charge < -0.3 is 4.55 Å². The first-order valence-electron chi connectivity index (χ1n) is 9.33. The quantitative estimate of drug-likeness (QED) is 0.214. The molecule has 0 aromatic carbocycles. The van der Waals surface area contributed by atoms with E-state index in [0.29, 0.717) is 5.19 Å². The van der Waals surface area contributed by atoms with E-state index in [4.69, 9.17) is 0 Å². The molecule has 0 aliphatic heterocycles. The number of halogens is 4. The van der Waals surface area contributed by atoms with Crippen LogP contribution in [0.2, 0.25) is 18.1 Å². The lowest BCUT2D eigenvalue weighted by Gasteiger charge is -2.36. The van der Waals surface area contributed by atoms with Crippen molar-refractivity contribution in [3.8, 4) is 0 Å². The maximum Gasteiger partial charge on any atom is 0.270 e. The smallest absolute Gasteiger partial charge is 0.270 e. The van der Waals surface area contributed by atoms with E-state index >= 15 is 4.39 Å². The Kier molecular flexibility index (Phi) is 8.84. The Morgan fingerprint density at radius 1 is 1.29 bits per heavy atom. The molecule has 1 aromatic rings. The minimum atomic E-state index is -3.10. The summed E-state index contributed by atoms with van der Waals surface area (Å²) in [5.41, 5.74) is -2.83. The molecule has 1 heterocycles. The zero-order valence-corrected chi connectivity index (χ0v) is 20.7. The second-order valence-corrected chi connectivity index (χ2v) is 15.9. The predicted molar refractivity (Wildman–Crippen MR) is 118 cm³/mol. The van der Waals surface area contributed by atoms with Gasteiger partial charge in [-0.1, -0.05) is 45.0 Å². The predicted octanol–water partition coefficient (Wildman–Crippen LogP) is 5.40. The summed E-state index contributed by atoms with van der Waals surface area (Å²) in [6, 6.07) is 3.96. The van der Waals surface area contributed by atoms with Gasteiger partial charge >= 0.3 is 0 Å². The zero-order chi connectivity index (χ0) is 21.9. The summed E-state index contributed by atoms with van der Waals surface area (Å²) >= 11 is 1.38. The minimum absolute atomic E-state index is 0.279. The van der Waals surface area contributed by atoms with Crippen LogP contribution < -0.4 is 9.91 Å². The normalized spacial score (nSPS) is 16.1. The topological polar surface area (TPSA) is 48.0 Å². The highest BCUT2D eigenvalue weighted by Crippen LogP contribution is 2.35. The largest absolute Gasteiger partial charge is 0.598 e. The van der Waals surface area contributed by atoms with Crippen molar-refractivity contribution in [2.24, 2.45) is 0 Å². The maximum absolute atomic E-state index is 15.7. The van der Waals surface area contributed by atoms with Crippen LogP contribution in [-0.4, -0.2) is 28.8 Å². The molecule has 1 aromatic heterocycles. The number of rotatable bonds is 9. The van der Waals surface area contributed by atoms with E-state index in [0.717, 1.165) is 24.2 Å². The molecule has 0 amide bonds. The van der Waals surface area contributed by atoms with Gasteiger partial charge in [0.2, 0.25) is 0 Å². The second-order valence-electron chi connectivity index (χ2n) is 7.85. The third-order valence-corrected chi connectivity index (χ3v) is 13.0. The van der Waals surface area contributed by atoms with Crippen molar-refractivity contribution in [2.45, 2.75) is 76.4 Å². The first-order chi connectivity index (χ1) is 12.8. The lowest BCUT2D eigenvalue weighted by molar-refractivity contribution is 0.0643. The van der Waals surface area contributed by atoms with Gasteiger partial charge in [-0.2, -0.15) is 0 Å². The number of nitrogens with one attached hydrogen (secondary N) is 1. The summed E-state index contributed by atoms with van der Waals surface area (Å²) in [6.07, 6.45) is -2.18. The summed E-state index contributed by atoms with van der Waals surface area (Å²) in [5.74, 6) is -0.751. The molecule has 1 rings (SSSR count). The Hall–Kier alpha value is -0.353. The number of hydrogen-bond donors (Lipinski definition) is 1. The van der Waals surface area contributed by atoms with Gasteiger partial charge in [-0.25, -0.2) is 18.2 Å². The fourth-order valence-electron chi connectivity index (χ4n) is 3.21. The van der Waals surface area contributed by atoms with Gasteiger partial charge in [0.25, 0.3) is 6.43 Å². The summed E-state index contributed by atoms with van der Waals surface area (Å²) < 4.78 is 58.8. The molecule has 160 valence electrons. The summed E-state index contributed by atoms with van der Waals surface area (Å²) in [5, 5.41) is 0.465. The highest BCUT2D eigenvalue weighted by atomic mass is 79.9. The molecule has 28 heavy (non-hydrogen) atoms. The molecule has 0 fully saturated rings. The zero-order valence-electron chi connectivity index (χ0n) is 17.3. The van der Waals surface area contributed by atoms with Gasteiger partial charge in [0, 0.05) is 11.4 Å². The van der Waals surface area contributed by atoms with Crippen molar-refractivity contribution in [3.63, 3.8) is 0 Å². The van der Waals surface area contributed by atoms with Crippen LogP contribution in [-0.2, 0) is 16.9 Å². The Labute approximate surface area is 179 Å². The molecular weight excluding hydrogens is 469 g/mol. The Balaban J connectivity index is 3.80. The van der Waals surface area contributed by atoms with Crippen molar-refractivity contribution < 1.29 is 17.7 Å². The summed E-state index contributed by atoms with van der Waals surface area (Å²) in [6.45, 7) is 14.5. The first kappa shape index (κ1) is 25.7. The van der Waals surface area contributed by atoms with Crippen LogP contribution in [0.5, 0.6) is 0 Å². The average molecular weight is 500 g/mol. The molecule has 1 N–H and O–H groups in total. The van der Waals surface area contributed by atoms with Crippen molar-refractivity contribution in [1.29, 1.82) is 0 Å². The van der Waals surface area contributed by atoms with Crippen molar-refractivity contribution in [1.82, 2.24) is 9.71 Å². The van der Waals surface area contributed by atoms with E-state index in [1.165, 1.54) is 0 Å². The highest BCUT2D eigenvalue weighted by molar-refractivity contribution is 9.10. The lowest BCUT2D eigenvalue weighted by Crippen LogP contribution is -2.56. The molecule has 0 spiro atoms.